The summed E-state index contributed by atoms with van der Waals surface area (Å²) in [6.07, 6.45) is -8.91. The molecule has 9 N–H and O–H groups in total. The molecule has 3 aromatic carbocycles. The molecule has 1 saturated heterocycles. The van der Waals surface area contributed by atoms with Gasteiger partial charge in [-0.3, -0.25) is 4.79 Å². The number of aliphatic hydroxyl groups excluding tert-OH is 3. The van der Waals surface area contributed by atoms with E-state index in [9.17, 15) is 55.5 Å². The zero-order chi connectivity index (χ0) is 30.5. The van der Waals surface area contributed by atoms with Crippen LogP contribution < -0.4 is 5.43 Å². The van der Waals surface area contributed by atoms with Crippen molar-refractivity contribution < 1.29 is 64.6 Å². The van der Waals surface area contributed by atoms with E-state index in [1.807, 2.05) is 0 Å². The largest absolute Gasteiger partial charge is 0.508 e. The molecule has 1 aliphatic heterocycles. The van der Waals surface area contributed by atoms with Crippen LogP contribution in [0.1, 0.15) is 22.0 Å². The number of phenolic OH excluding ortho intramolecular Hbond substituents is 6. The van der Waals surface area contributed by atoms with Crippen LogP contribution in [0.15, 0.2) is 57.7 Å². The number of ether oxygens (including phenoxy) is 2. The van der Waals surface area contributed by atoms with E-state index < -0.39 is 99.4 Å². The second-order valence-electron chi connectivity index (χ2n) is 9.55. The van der Waals surface area contributed by atoms with Crippen molar-refractivity contribution in [3.8, 4) is 45.8 Å². The smallest absolute Gasteiger partial charge is 0.338 e. The molecule has 4 aromatic rings. The van der Waals surface area contributed by atoms with Crippen LogP contribution in [0.5, 0.6) is 34.5 Å². The molecule has 0 bridgehead atoms. The number of hydrogen-bond donors (Lipinski definition) is 9. The zero-order valence-corrected chi connectivity index (χ0v) is 21.3. The van der Waals surface area contributed by atoms with Crippen molar-refractivity contribution in [1.82, 2.24) is 0 Å². The highest BCUT2D eigenvalue weighted by atomic mass is 16.6. The van der Waals surface area contributed by atoms with Gasteiger partial charge in [0.25, 0.3) is 0 Å². The van der Waals surface area contributed by atoms with Crippen molar-refractivity contribution in [2.75, 3.05) is 6.61 Å². The second-order valence-corrected chi connectivity index (χ2v) is 9.55. The van der Waals surface area contributed by atoms with Crippen LogP contribution in [0, 0.1) is 0 Å². The van der Waals surface area contributed by atoms with Gasteiger partial charge < -0.3 is 59.8 Å². The summed E-state index contributed by atoms with van der Waals surface area (Å²) in [5.41, 5.74) is -1.80. The molecule has 14 heteroatoms. The Morgan fingerprint density at radius 2 is 1.48 bits per heavy atom. The molecule has 5 unspecified atom stereocenters. The van der Waals surface area contributed by atoms with E-state index in [2.05, 4.69) is 0 Å². The average molecular weight is 584 g/mol. The van der Waals surface area contributed by atoms with E-state index in [0.717, 1.165) is 24.3 Å². The lowest BCUT2D eigenvalue weighted by Gasteiger charge is -2.42. The first-order valence-corrected chi connectivity index (χ1v) is 12.3. The number of carbonyl (C=O) groups is 1. The highest BCUT2D eigenvalue weighted by Crippen LogP contribution is 2.45. The van der Waals surface area contributed by atoms with Gasteiger partial charge in [-0.25, -0.2) is 4.79 Å². The van der Waals surface area contributed by atoms with Gasteiger partial charge in [0.2, 0.25) is 0 Å². The predicted octanol–water partition coefficient (Wildman–Crippen LogP) is 1.07. The summed E-state index contributed by atoms with van der Waals surface area (Å²) in [4.78, 5) is 26.1. The predicted molar refractivity (Wildman–Crippen MR) is 140 cm³/mol. The number of phenols is 6. The lowest BCUT2D eigenvalue weighted by atomic mass is 9.89. The summed E-state index contributed by atoms with van der Waals surface area (Å²) in [5, 5.41) is 91.1. The quantitative estimate of drug-likeness (QED) is 0.118. The van der Waals surface area contributed by atoms with Gasteiger partial charge >= 0.3 is 5.97 Å². The fourth-order valence-electron chi connectivity index (χ4n) is 4.73. The van der Waals surface area contributed by atoms with Crippen LogP contribution in [0.25, 0.3) is 22.3 Å². The lowest BCUT2D eigenvalue weighted by molar-refractivity contribution is -0.231. The number of benzene rings is 3. The van der Waals surface area contributed by atoms with Crippen molar-refractivity contribution >= 4 is 16.9 Å². The normalized spacial score (nSPS) is 22.2. The highest BCUT2D eigenvalue weighted by Gasteiger charge is 2.49. The molecular weight excluding hydrogens is 560 g/mol. The Labute approximate surface area is 234 Å². The minimum Gasteiger partial charge on any atom is -0.508 e. The molecular formula is C28H24O14. The molecule has 5 rings (SSSR count). The van der Waals surface area contributed by atoms with Crippen LogP contribution in [-0.2, 0) is 9.47 Å². The fourth-order valence-corrected chi connectivity index (χ4v) is 4.73. The molecule has 1 fully saturated rings. The molecule has 0 saturated carbocycles. The Hall–Kier alpha value is -5.02. The standard InChI is InChI=1S/C28H24O14/c29-9-19-23(37)24(38)27(42-28(39)11-5-16(34)22(36)17(35)6-11)26(41-19)21-14(32)7-13(31)20-15(33)8-18(40-25(20)21)10-1-3-12(30)4-2-10/h1-8,19,23-24,26-27,29-32,34-38H,9H2. The Kier molecular flexibility index (Phi) is 7.30. The molecule has 14 nitrogen and oxygen atoms in total. The summed E-state index contributed by atoms with van der Waals surface area (Å²) < 4.78 is 17.0. The third-order valence-corrected chi connectivity index (χ3v) is 6.85. The van der Waals surface area contributed by atoms with Gasteiger partial charge in [0.05, 0.1) is 17.7 Å². The maximum atomic E-state index is 13.1. The van der Waals surface area contributed by atoms with Crippen LogP contribution in [0.2, 0.25) is 0 Å². The first kappa shape index (κ1) is 28.5. The van der Waals surface area contributed by atoms with Crippen molar-refractivity contribution in [3.05, 3.63) is 69.9 Å². The first-order chi connectivity index (χ1) is 19.9. The molecule has 0 radical (unpaired) electrons. The van der Waals surface area contributed by atoms with Gasteiger partial charge in [-0.05, 0) is 36.4 Å². The van der Waals surface area contributed by atoms with E-state index >= 15 is 0 Å². The van der Waals surface area contributed by atoms with Gasteiger partial charge in [0.15, 0.2) is 34.4 Å². The van der Waals surface area contributed by atoms with Gasteiger partial charge in [-0.1, -0.05) is 0 Å². The number of aliphatic hydroxyl groups is 3. The number of esters is 1. The van der Waals surface area contributed by atoms with Gasteiger partial charge in [-0.2, -0.15) is 0 Å². The van der Waals surface area contributed by atoms with E-state index in [4.69, 9.17) is 13.9 Å². The Morgan fingerprint density at radius 3 is 2.10 bits per heavy atom. The van der Waals surface area contributed by atoms with Crippen LogP contribution >= 0.6 is 0 Å². The van der Waals surface area contributed by atoms with Gasteiger partial charge in [0.1, 0.15) is 52.8 Å². The summed E-state index contributed by atoms with van der Waals surface area (Å²) in [5.74, 6) is -5.51. The third kappa shape index (κ3) is 4.88. The minimum atomic E-state index is -1.97. The third-order valence-electron chi connectivity index (χ3n) is 6.85. The molecule has 1 aromatic heterocycles. The molecule has 0 amide bonds. The van der Waals surface area contributed by atoms with E-state index in [1.165, 1.54) is 24.3 Å². The molecule has 2 heterocycles. The topological polar surface area (TPSA) is 248 Å². The lowest BCUT2D eigenvalue weighted by Crippen LogP contribution is -2.56. The van der Waals surface area contributed by atoms with Crippen molar-refractivity contribution in [2.24, 2.45) is 0 Å². The number of aromatic hydroxyl groups is 6. The van der Waals surface area contributed by atoms with E-state index in [-0.39, 0.29) is 11.5 Å². The Bertz CT molecular complexity index is 1700. The summed E-state index contributed by atoms with van der Waals surface area (Å²) in [6.45, 7) is -0.839. The number of rotatable bonds is 5. The Balaban J connectivity index is 1.68. The summed E-state index contributed by atoms with van der Waals surface area (Å²) in [7, 11) is 0. The van der Waals surface area contributed by atoms with E-state index in [0.29, 0.717) is 5.56 Å². The molecule has 0 aliphatic carbocycles. The summed E-state index contributed by atoms with van der Waals surface area (Å²) in [6, 6.07) is 8.84. The second kappa shape index (κ2) is 10.8. The van der Waals surface area contributed by atoms with Crippen molar-refractivity contribution in [1.29, 1.82) is 0 Å². The Morgan fingerprint density at radius 1 is 0.833 bits per heavy atom. The van der Waals surface area contributed by atoms with Crippen LogP contribution in [0.3, 0.4) is 0 Å². The van der Waals surface area contributed by atoms with Crippen LogP contribution in [0.4, 0.5) is 0 Å². The number of carbonyl (C=O) groups excluding carboxylic acids is 1. The molecule has 5 atom stereocenters. The summed E-state index contributed by atoms with van der Waals surface area (Å²) >= 11 is 0. The maximum absolute atomic E-state index is 13.1. The number of fused-ring (bicyclic) bond motifs is 1. The molecule has 1 aliphatic rings. The zero-order valence-electron chi connectivity index (χ0n) is 21.3. The highest BCUT2D eigenvalue weighted by molar-refractivity contribution is 5.92. The van der Waals surface area contributed by atoms with Crippen molar-refractivity contribution in [2.45, 2.75) is 30.5 Å². The van der Waals surface area contributed by atoms with Gasteiger partial charge in [-0.15, -0.1) is 0 Å². The first-order valence-electron chi connectivity index (χ1n) is 12.3. The van der Waals surface area contributed by atoms with Crippen LogP contribution in [-0.4, -0.2) is 83.0 Å². The molecule has 0 spiro atoms. The van der Waals surface area contributed by atoms with Crippen molar-refractivity contribution in [3.63, 3.8) is 0 Å². The monoisotopic (exact) mass is 584 g/mol. The number of hydrogen-bond acceptors (Lipinski definition) is 14. The fraction of sp³-hybridized carbons (Fsp3) is 0.214. The maximum Gasteiger partial charge on any atom is 0.338 e. The molecule has 42 heavy (non-hydrogen) atoms. The SMILES string of the molecule is O=C(OC1C(c2c(O)cc(O)c3c(=O)cc(-c4ccc(O)cc4)oc23)OC(CO)C(O)C1O)c1cc(O)c(O)c(O)c1. The minimum absolute atomic E-state index is 0.0718. The van der Waals surface area contributed by atoms with Gasteiger partial charge in [0, 0.05) is 17.7 Å². The molecule has 220 valence electrons. The van der Waals surface area contributed by atoms with E-state index in [1.54, 1.807) is 0 Å². The average Bonchev–Trinajstić information content (AvgIpc) is 2.94.